The smallest absolute Gasteiger partial charge is 0.323 e. The van der Waals surface area contributed by atoms with Gasteiger partial charge in [-0.15, -0.1) is 0 Å². The zero-order valence-corrected chi connectivity index (χ0v) is 11.4. The van der Waals surface area contributed by atoms with E-state index < -0.39 is 0 Å². The van der Waals surface area contributed by atoms with Crippen molar-refractivity contribution in [3.05, 3.63) is 29.8 Å². The maximum absolute atomic E-state index is 12.4. The Hall–Kier alpha value is -1.55. The van der Waals surface area contributed by atoms with E-state index in [1.165, 1.54) is 18.4 Å². The number of nitrogens with zero attached hydrogens (tertiary/aromatic N) is 2. The summed E-state index contributed by atoms with van der Waals surface area (Å²) < 4.78 is 0. The van der Waals surface area contributed by atoms with Crippen LogP contribution in [0.25, 0.3) is 0 Å². The van der Waals surface area contributed by atoms with Crippen LogP contribution in [0, 0.1) is 0 Å². The number of hydrogen-bond acceptors (Lipinski definition) is 2. The van der Waals surface area contributed by atoms with Gasteiger partial charge in [0.05, 0.1) is 5.69 Å². The molecule has 0 saturated carbocycles. The number of carbonyl (C=O) groups excluding carboxylic acids is 1. The fourth-order valence-electron chi connectivity index (χ4n) is 3.02. The van der Waals surface area contributed by atoms with E-state index in [2.05, 4.69) is 17.4 Å². The minimum atomic E-state index is 0.117. The lowest BCUT2D eigenvalue weighted by Gasteiger charge is -2.38. The molecule has 4 heteroatoms. The van der Waals surface area contributed by atoms with Crippen LogP contribution in [0.5, 0.6) is 0 Å². The maximum Gasteiger partial charge on any atom is 0.324 e. The Morgan fingerprint density at radius 3 is 2.95 bits per heavy atom. The van der Waals surface area contributed by atoms with Crippen LogP contribution in [0.1, 0.15) is 24.8 Å². The Morgan fingerprint density at radius 2 is 2.16 bits per heavy atom. The molecule has 0 aromatic heterocycles. The van der Waals surface area contributed by atoms with Gasteiger partial charge in [0.1, 0.15) is 0 Å². The van der Waals surface area contributed by atoms with Crippen molar-refractivity contribution in [2.45, 2.75) is 31.8 Å². The lowest BCUT2D eigenvalue weighted by molar-refractivity contribution is 0.208. The molecule has 3 rings (SSSR count). The monoisotopic (exact) mass is 259 g/mol. The molecule has 2 heterocycles. The summed E-state index contributed by atoms with van der Waals surface area (Å²) in [5, 5.41) is 3.52. The molecule has 19 heavy (non-hydrogen) atoms. The van der Waals surface area contributed by atoms with Gasteiger partial charge in [-0.3, -0.25) is 4.90 Å². The number of nitrogens with one attached hydrogen (secondary N) is 1. The third-order valence-electron chi connectivity index (χ3n) is 4.06. The summed E-state index contributed by atoms with van der Waals surface area (Å²) >= 11 is 0. The minimum Gasteiger partial charge on any atom is -0.323 e. The van der Waals surface area contributed by atoms with Crippen molar-refractivity contribution in [3.8, 4) is 0 Å². The standard InChI is InChI=1S/C15H21N3O/c1-17-10-12-6-2-3-8-14(12)18(15(17)19)11-13-7-4-5-9-16-13/h2-3,6,8,13,16H,4-5,7,9-11H2,1H3. The number of fused-ring (bicyclic) bond motifs is 1. The van der Waals surface area contributed by atoms with E-state index in [1.54, 1.807) is 4.90 Å². The third-order valence-corrected chi connectivity index (χ3v) is 4.06. The SMILES string of the molecule is CN1Cc2ccccc2N(CC2CCCCN2)C1=O. The van der Waals surface area contributed by atoms with Gasteiger partial charge in [-0.2, -0.15) is 0 Å². The molecule has 102 valence electrons. The van der Waals surface area contributed by atoms with Gasteiger partial charge in [-0.1, -0.05) is 24.6 Å². The van der Waals surface area contributed by atoms with Gasteiger partial charge in [0.2, 0.25) is 0 Å². The molecule has 0 aliphatic carbocycles. The van der Waals surface area contributed by atoms with Gasteiger partial charge in [-0.05, 0) is 31.0 Å². The normalized spacial score (nSPS) is 23.4. The molecule has 1 N–H and O–H groups in total. The van der Waals surface area contributed by atoms with E-state index in [0.29, 0.717) is 12.6 Å². The predicted octanol–water partition coefficient (Wildman–Crippen LogP) is 2.20. The summed E-state index contributed by atoms with van der Waals surface area (Å²) in [5.41, 5.74) is 2.32. The fourth-order valence-corrected chi connectivity index (χ4v) is 3.02. The first-order chi connectivity index (χ1) is 9.25. The second-order valence-electron chi connectivity index (χ2n) is 5.52. The van der Waals surface area contributed by atoms with E-state index in [4.69, 9.17) is 0 Å². The van der Waals surface area contributed by atoms with Gasteiger partial charge in [-0.25, -0.2) is 4.79 Å². The first-order valence-electron chi connectivity index (χ1n) is 7.09. The Morgan fingerprint density at radius 1 is 1.32 bits per heavy atom. The molecule has 1 aromatic rings. The molecule has 0 spiro atoms. The van der Waals surface area contributed by atoms with E-state index in [9.17, 15) is 4.79 Å². The van der Waals surface area contributed by atoms with Gasteiger partial charge >= 0.3 is 6.03 Å². The summed E-state index contributed by atoms with van der Waals surface area (Å²) in [7, 11) is 1.87. The lowest BCUT2D eigenvalue weighted by Crippen LogP contribution is -2.51. The van der Waals surface area contributed by atoms with Crippen LogP contribution in [0.4, 0.5) is 10.5 Å². The van der Waals surface area contributed by atoms with E-state index >= 15 is 0 Å². The van der Waals surface area contributed by atoms with Crippen molar-refractivity contribution in [3.63, 3.8) is 0 Å². The average molecular weight is 259 g/mol. The quantitative estimate of drug-likeness (QED) is 0.884. The van der Waals surface area contributed by atoms with Crippen molar-refractivity contribution in [1.29, 1.82) is 0 Å². The first kappa shape index (κ1) is 12.5. The predicted molar refractivity (Wildman–Crippen MR) is 76.3 cm³/mol. The van der Waals surface area contributed by atoms with Gasteiger partial charge in [0.15, 0.2) is 0 Å². The molecule has 1 fully saturated rings. The molecule has 1 aromatic carbocycles. The molecule has 2 amide bonds. The summed E-state index contributed by atoms with van der Waals surface area (Å²) in [4.78, 5) is 16.1. The molecule has 1 unspecified atom stereocenters. The van der Waals surface area contributed by atoms with Gasteiger partial charge in [0.25, 0.3) is 0 Å². The molecule has 0 radical (unpaired) electrons. The highest BCUT2D eigenvalue weighted by molar-refractivity contribution is 5.94. The average Bonchev–Trinajstić information content (AvgIpc) is 2.45. The zero-order valence-electron chi connectivity index (χ0n) is 11.4. The van der Waals surface area contributed by atoms with Crippen molar-refractivity contribution in [2.24, 2.45) is 0 Å². The maximum atomic E-state index is 12.4. The molecule has 4 nitrogen and oxygen atoms in total. The Bertz CT molecular complexity index is 468. The molecule has 2 aliphatic heterocycles. The zero-order chi connectivity index (χ0) is 13.2. The van der Waals surface area contributed by atoms with Crippen LogP contribution in [0.3, 0.4) is 0 Å². The van der Waals surface area contributed by atoms with Crippen LogP contribution < -0.4 is 10.2 Å². The molecule has 2 aliphatic rings. The summed E-state index contributed by atoms with van der Waals surface area (Å²) in [6.45, 7) is 2.56. The number of benzene rings is 1. The van der Waals surface area contributed by atoms with Crippen LogP contribution >= 0.6 is 0 Å². The Labute approximate surface area is 114 Å². The molecular weight excluding hydrogens is 238 g/mol. The van der Waals surface area contributed by atoms with Crippen LogP contribution in [0.2, 0.25) is 0 Å². The number of carbonyl (C=O) groups is 1. The van der Waals surface area contributed by atoms with Gasteiger partial charge < -0.3 is 10.2 Å². The van der Waals surface area contributed by atoms with Crippen LogP contribution in [0.15, 0.2) is 24.3 Å². The minimum absolute atomic E-state index is 0.117. The molecular formula is C15H21N3O. The van der Waals surface area contributed by atoms with Crippen molar-refractivity contribution < 1.29 is 4.79 Å². The number of rotatable bonds is 2. The highest BCUT2D eigenvalue weighted by Crippen LogP contribution is 2.28. The second-order valence-corrected chi connectivity index (χ2v) is 5.52. The largest absolute Gasteiger partial charge is 0.324 e. The van der Waals surface area contributed by atoms with Crippen molar-refractivity contribution in [1.82, 2.24) is 10.2 Å². The Balaban J connectivity index is 1.83. The molecule has 1 saturated heterocycles. The number of para-hydroxylation sites is 1. The second kappa shape index (κ2) is 5.21. The summed E-state index contributed by atoms with van der Waals surface area (Å²) in [5.74, 6) is 0. The molecule has 0 bridgehead atoms. The number of anilines is 1. The fraction of sp³-hybridized carbons (Fsp3) is 0.533. The Kier molecular flexibility index (Phi) is 3.42. The number of urea groups is 1. The summed E-state index contributed by atoms with van der Waals surface area (Å²) in [6.07, 6.45) is 3.67. The highest BCUT2D eigenvalue weighted by Gasteiger charge is 2.29. The highest BCUT2D eigenvalue weighted by atomic mass is 16.2. The van der Waals surface area contributed by atoms with Crippen LogP contribution in [-0.4, -0.2) is 37.1 Å². The summed E-state index contributed by atoms with van der Waals surface area (Å²) in [6, 6.07) is 8.77. The van der Waals surface area contributed by atoms with Gasteiger partial charge in [0, 0.05) is 26.2 Å². The van der Waals surface area contributed by atoms with Crippen LogP contribution in [-0.2, 0) is 6.54 Å². The van der Waals surface area contributed by atoms with E-state index in [-0.39, 0.29) is 6.03 Å². The van der Waals surface area contributed by atoms with E-state index in [0.717, 1.165) is 25.2 Å². The van der Waals surface area contributed by atoms with Crippen molar-refractivity contribution >= 4 is 11.7 Å². The number of piperidine rings is 1. The first-order valence-corrected chi connectivity index (χ1v) is 7.09. The topological polar surface area (TPSA) is 35.6 Å². The number of hydrogen-bond donors (Lipinski definition) is 1. The number of amides is 2. The lowest BCUT2D eigenvalue weighted by atomic mass is 10.0. The van der Waals surface area contributed by atoms with Crippen molar-refractivity contribution in [2.75, 3.05) is 25.0 Å². The van der Waals surface area contributed by atoms with E-state index in [1.807, 2.05) is 24.1 Å². The third kappa shape index (κ3) is 2.45. The molecule has 1 atom stereocenters.